The molecule has 2 heterocycles. The maximum Gasteiger partial charge on any atom is 0.306 e. The number of aliphatic hydroxyl groups is 1. The van der Waals surface area contributed by atoms with Gasteiger partial charge in [-0.05, 0) is 13.3 Å². The molecule has 2 rings (SSSR count). The molecule has 4 heteroatoms. The third kappa shape index (κ3) is 2.13. The second kappa shape index (κ2) is 3.71. The van der Waals surface area contributed by atoms with Crippen LogP contribution in [0.25, 0.3) is 0 Å². The van der Waals surface area contributed by atoms with E-state index in [-0.39, 0.29) is 30.7 Å². The summed E-state index contributed by atoms with van der Waals surface area (Å²) in [5, 5.41) is 9.40. The zero-order chi connectivity index (χ0) is 10.1. The van der Waals surface area contributed by atoms with Crippen molar-refractivity contribution in [2.45, 2.75) is 44.2 Å². The number of hydrogen-bond acceptors (Lipinski definition) is 4. The Kier molecular flexibility index (Phi) is 2.56. The molecule has 2 aliphatic rings. The summed E-state index contributed by atoms with van der Waals surface area (Å²) in [7, 11) is 0. The highest BCUT2D eigenvalue weighted by Crippen LogP contribution is 2.29. The summed E-state index contributed by atoms with van der Waals surface area (Å²) in [4.78, 5) is 11.2. The second-order valence-corrected chi connectivity index (χ2v) is 3.75. The van der Waals surface area contributed by atoms with E-state index in [0.717, 1.165) is 0 Å². The summed E-state index contributed by atoms with van der Waals surface area (Å²) in [6.07, 6.45) is 3.42. The van der Waals surface area contributed by atoms with Crippen molar-refractivity contribution < 1.29 is 19.4 Å². The Bertz CT molecular complexity index is 261. The summed E-state index contributed by atoms with van der Waals surface area (Å²) < 4.78 is 10.4. The van der Waals surface area contributed by atoms with E-state index in [0.29, 0.717) is 6.42 Å². The molecule has 0 aromatic rings. The lowest BCUT2D eigenvalue weighted by molar-refractivity contribution is -0.149. The van der Waals surface area contributed by atoms with Crippen LogP contribution in [-0.2, 0) is 14.3 Å². The lowest BCUT2D eigenvalue weighted by atomic mass is 10.1. The fraction of sp³-hybridized carbons (Fsp3) is 0.700. The molecule has 1 fully saturated rings. The fourth-order valence-electron chi connectivity index (χ4n) is 1.60. The zero-order valence-corrected chi connectivity index (χ0v) is 8.05. The van der Waals surface area contributed by atoms with Crippen LogP contribution in [0.1, 0.15) is 19.8 Å². The monoisotopic (exact) mass is 198 g/mol. The van der Waals surface area contributed by atoms with Crippen LogP contribution in [-0.4, -0.2) is 35.5 Å². The molecule has 0 bridgehead atoms. The van der Waals surface area contributed by atoms with Crippen molar-refractivity contribution in [2.24, 2.45) is 0 Å². The van der Waals surface area contributed by atoms with Gasteiger partial charge in [-0.2, -0.15) is 0 Å². The maximum atomic E-state index is 11.2. The summed E-state index contributed by atoms with van der Waals surface area (Å²) in [6.45, 7) is 1.83. The molecule has 1 saturated heterocycles. The van der Waals surface area contributed by atoms with Gasteiger partial charge < -0.3 is 14.6 Å². The lowest BCUT2D eigenvalue weighted by Gasteiger charge is -2.12. The summed E-state index contributed by atoms with van der Waals surface area (Å²) in [5.41, 5.74) is 0. The van der Waals surface area contributed by atoms with Gasteiger partial charge >= 0.3 is 5.97 Å². The van der Waals surface area contributed by atoms with Gasteiger partial charge in [-0.3, -0.25) is 4.79 Å². The average Bonchev–Trinajstić information content (AvgIpc) is 2.89. The van der Waals surface area contributed by atoms with Crippen LogP contribution in [0, 0.1) is 0 Å². The van der Waals surface area contributed by atoms with Gasteiger partial charge in [-0.1, -0.05) is 12.2 Å². The minimum absolute atomic E-state index is 0.00514. The number of hydrogen-bond donors (Lipinski definition) is 1. The Morgan fingerprint density at radius 3 is 3.07 bits per heavy atom. The number of ether oxygens (including phenoxy) is 2. The second-order valence-electron chi connectivity index (χ2n) is 3.75. The quantitative estimate of drug-likeness (QED) is 0.347. The third-order valence-corrected chi connectivity index (χ3v) is 2.51. The molecular weight excluding hydrogens is 184 g/mol. The Balaban J connectivity index is 2.03. The van der Waals surface area contributed by atoms with Crippen molar-refractivity contribution in [1.29, 1.82) is 0 Å². The first-order chi connectivity index (χ1) is 6.66. The fourth-order valence-corrected chi connectivity index (χ4v) is 1.60. The van der Waals surface area contributed by atoms with Crippen molar-refractivity contribution in [2.75, 3.05) is 0 Å². The Morgan fingerprint density at radius 2 is 2.29 bits per heavy atom. The molecule has 0 aliphatic carbocycles. The Morgan fingerprint density at radius 1 is 1.50 bits per heavy atom. The molecule has 0 aromatic carbocycles. The molecule has 78 valence electrons. The van der Waals surface area contributed by atoms with Crippen LogP contribution in [0.5, 0.6) is 0 Å². The van der Waals surface area contributed by atoms with Crippen LogP contribution in [0.15, 0.2) is 12.2 Å². The minimum Gasteiger partial charge on any atom is -0.460 e. The van der Waals surface area contributed by atoms with Crippen LogP contribution < -0.4 is 0 Å². The van der Waals surface area contributed by atoms with E-state index in [1.54, 1.807) is 6.08 Å². The molecule has 4 nitrogen and oxygen atoms in total. The predicted molar refractivity (Wildman–Crippen MR) is 48.6 cm³/mol. The molecule has 0 saturated carbocycles. The predicted octanol–water partition coefficient (Wildman–Crippen LogP) is 0.396. The number of carbonyl (C=O) groups excluding carboxylic acids is 1. The molecule has 14 heavy (non-hydrogen) atoms. The first-order valence-corrected chi connectivity index (χ1v) is 4.88. The van der Waals surface area contributed by atoms with Gasteiger partial charge in [0.1, 0.15) is 18.3 Å². The maximum absolute atomic E-state index is 11.2. The van der Waals surface area contributed by atoms with Gasteiger partial charge in [0.25, 0.3) is 0 Å². The normalized spacial score (nSPS) is 42.6. The number of carbonyl (C=O) groups is 1. The first-order valence-electron chi connectivity index (χ1n) is 4.88. The van der Waals surface area contributed by atoms with Crippen molar-refractivity contribution in [3.05, 3.63) is 12.2 Å². The molecule has 2 aliphatic heterocycles. The molecule has 0 radical (unpaired) electrons. The van der Waals surface area contributed by atoms with E-state index in [2.05, 4.69) is 0 Å². The summed E-state index contributed by atoms with van der Waals surface area (Å²) >= 11 is 0. The molecule has 2 unspecified atom stereocenters. The minimum atomic E-state index is -0.569. The van der Waals surface area contributed by atoms with E-state index in [9.17, 15) is 9.90 Å². The number of esters is 1. The van der Waals surface area contributed by atoms with Gasteiger partial charge in [0.05, 0.1) is 6.10 Å². The standard InChI is InChI=1S/C10H14O4/c1-6-10-8(14-10)4-2-7(11)3-5-9(12)13-6/h2,4,6-8,10-11H,3,5H2,1H3/t6?,7?,8-,10+/m0/s1. The highest BCUT2D eigenvalue weighted by Gasteiger charge is 2.43. The lowest BCUT2D eigenvalue weighted by Crippen LogP contribution is -2.23. The summed E-state index contributed by atoms with van der Waals surface area (Å²) in [6, 6.07) is 0. The molecule has 1 N–H and O–H groups in total. The number of fused-ring (bicyclic) bond motifs is 1. The van der Waals surface area contributed by atoms with E-state index in [4.69, 9.17) is 9.47 Å². The highest BCUT2D eigenvalue weighted by molar-refractivity contribution is 5.69. The number of aliphatic hydroxyl groups excluding tert-OH is 1. The number of rotatable bonds is 0. The SMILES string of the molecule is CC1OC(=O)CCC(O)C=C[C@@H]2O[C@H]12. The van der Waals surface area contributed by atoms with Gasteiger partial charge in [0.2, 0.25) is 0 Å². The van der Waals surface area contributed by atoms with Crippen LogP contribution in [0.3, 0.4) is 0 Å². The smallest absolute Gasteiger partial charge is 0.306 e. The molecule has 4 atom stereocenters. The third-order valence-electron chi connectivity index (χ3n) is 2.51. The number of cyclic esters (lactones) is 1. The summed E-state index contributed by atoms with van der Waals surface area (Å²) in [5.74, 6) is -0.263. The molecular formula is C10H14O4. The van der Waals surface area contributed by atoms with Crippen molar-refractivity contribution in [3.8, 4) is 0 Å². The van der Waals surface area contributed by atoms with Crippen LogP contribution in [0.4, 0.5) is 0 Å². The van der Waals surface area contributed by atoms with E-state index in [1.807, 2.05) is 13.0 Å². The Labute approximate surface area is 82.5 Å². The first kappa shape index (κ1) is 9.68. The largest absolute Gasteiger partial charge is 0.460 e. The van der Waals surface area contributed by atoms with Crippen molar-refractivity contribution in [1.82, 2.24) is 0 Å². The average molecular weight is 198 g/mol. The number of epoxide rings is 1. The Hall–Kier alpha value is -0.870. The van der Waals surface area contributed by atoms with Crippen LogP contribution >= 0.6 is 0 Å². The van der Waals surface area contributed by atoms with E-state index < -0.39 is 6.10 Å². The van der Waals surface area contributed by atoms with Crippen molar-refractivity contribution in [3.63, 3.8) is 0 Å². The van der Waals surface area contributed by atoms with Crippen molar-refractivity contribution >= 4 is 5.97 Å². The molecule has 0 amide bonds. The van der Waals surface area contributed by atoms with E-state index >= 15 is 0 Å². The van der Waals surface area contributed by atoms with Gasteiger partial charge in [0.15, 0.2) is 0 Å². The van der Waals surface area contributed by atoms with Gasteiger partial charge in [-0.25, -0.2) is 0 Å². The molecule has 0 spiro atoms. The molecule has 0 aromatic heterocycles. The van der Waals surface area contributed by atoms with Gasteiger partial charge in [-0.15, -0.1) is 0 Å². The zero-order valence-electron chi connectivity index (χ0n) is 8.05. The van der Waals surface area contributed by atoms with Gasteiger partial charge in [0, 0.05) is 6.42 Å². The highest BCUT2D eigenvalue weighted by atomic mass is 16.6. The van der Waals surface area contributed by atoms with E-state index in [1.165, 1.54) is 0 Å². The topological polar surface area (TPSA) is 59.1 Å². The van der Waals surface area contributed by atoms with Crippen LogP contribution in [0.2, 0.25) is 0 Å².